The van der Waals surface area contributed by atoms with Crippen LogP contribution in [0.1, 0.15) is 60.5 Å². The SMILES string of the molecule is CCC(CNC(=O)c1cccc2c1CCCC2)C1CCN(c2ccccc2)CC1. The minimum Gasteiger partial charge on any atom is -0.372 e. The van der Waals surface area contributed by atoms with Crippen LogP contribution in [0.5, 0.6) is 0 Å². The van der Waals surface area contributed by atoms with E-state index in [1.807, 2.05) is 6.07 Å². The zero-order chi connectivity index (χ0) is 20.1. The Hall–Kier alpha value is -2.29. The number of rotatable bonds is 6. The number of nitrogens with zero attached hydrogens (tertiary/aromatic N) is 1. The maximum Gasteiger partial charge on any atom is 0.251 e. The highest BCUT2D eigenvalue weighted by atomic mass is 16.1. The van der Waals surface area contributed by atoms with Gasteiger partial charge in [-0.3, -0.25) is 4.79 Å². The fraction of sp³-hybridized carbons (Fsp3) is 0.500. The Kier molecular flexibility index (Phi) is 6.53. The Labute approximate surface area is 175 Å². The van der Waals surface area contributed by atoms with Gasteiger partial charge in [-0.25, -0.2) is 0 Å². The molecule has 1 saturated heterocycles. The number of hydrogen-bond acceptors (Lipinski definition) is 2. The monoisotopic (exact) mass is 390 g/mol. The van der Waals surface area contributed by atoms with Gasteiger partial charge in [-0.1, -0.05) is 43.7 Å². The number of amides is 1. The Bertz CT molecular complexity index is 809. The second-order valence-corrected chi connectivity index (χ2v) is 8.69. The summed E-state index contributed by atoms with van der Waals surface area (Å²) < 4.78 is 0. The van der Waals surface area contributed by atoms with Gasteiger partial charge in [-0.15, -0.1) is 0 Å². The molecule has 0 spiro atoms. The number of fused-ring (bicyclic) bond motifs is 1. The van der Waals surface area contributed by atoms with Crippen LogP contribution in [0.4, 0.5) is 5.69 Å². The minimum absolute atomic E-state index is 0.129. The van der Waals surface area contributed by atoms with Crippen molar-refractivity contribution >= 4 is 11.6 Å². The molecule has 1 aliphatic carbocycles. The van der Waals surface area contributed by atoms with Crippen molar-refractivity contribution in [3.05, 3.63) is 65.2 Å². The lowest BCUT2D eigenvalue weighted by Crippen LogP contribution is -2.39. The van der Waals surface area contributed by atoms with E-state index in [1.54, 1.807) is 0 Å². The maximum atomic E-state index is 12.9. The van der Waals surface area contributed by atoms with Crippen LogP contribution < -0.4 is 10.2 Å². The highest BCUT2D eigenvalue weighted by Gasteiger charge is 2.26. The van der Waals surface area contributed by atoms with Crippen molar-refractivity contribution in [1.82, 2.24) is 5.32 Å². The average Bonchev–Trinajstić information content (AvgIpc) is 2.80. The summed E-state index contributed by atoms with van der Waals surface area (Å²) in [6.45, 7) is 5.30. The largest absolute Gasteiger partial charge is 0.372 e. The van der Waals surface area contributed by atoms with Crippen molar-refractivity contribution in [2.24, 2.45) is 11.8 Å². The van der Waals surface area contributed by atoms with Gasteiger partial charge in [0.05, 0.1) is 0 Å². The van der Waals surface area contributed by atoms with Gasteiger partial charge in [-0.05, 0) is 79.7 Å². The molecule has 1 atom stereocenters. The van der Waals surface area contributed by atoms with Gasteiger partial charge in [0.15, 0.2) is 0 Å². The fourth-order valence-corrected chi connectivity index (χ4v) is 5.23. The lowest BCUT2D eigenvalue weighted by molar-refractivity contribution is 0.0937. The lowest BCUT2D eigenvalue weighted by Gasteiger charge is -2.37. The summed E-state index contributed by atoms with van der Waals surface area (Å²) in [4.78, 5) is 15.4. The topological polar surface area (TPSA) is 32.3 Å². The van der Waals surface area contributed by atoms with Crippen LogP contribution in [0.3, 0.4) is 0 Å². The van der Waals surface area contributed by atoms with Crippen LogP contribution in [-0.4, -0.2) is 25.5 Å². The number of carbonyl (C=O) groups is 1. The summed E-state index contributed by atoms with van der Waals surface area (Å²) in [6.07, 6.45) is 8.17. The third-order valence-corrected chi connectivity index (χ3v) is 7.02. The van der Waals surface area contributed by atoms with E-state index in [-0.39, 0.29) is 5.91 Å². The quantitative estimate of drug-likeness (QED) is 0.732. The van der Waals surface area contributed by atoms with E-state index in [9.17, 15) is 4.79 Å². The van der Waals surface area contributed by atoms with Crippen LogP contribution >= 0.6 is 0 Å². The second kappa shape index (κ2) is 9.47. The Morgan fingerprint density at radius 2 is 1.79 bits per heavy atom. The van der Waals surface area contributed by atoms with Gasteiger partial charge in [0.25, 0.3) is 5.91 Å². The van der Waals surface area contributed by atoms with Gasteiger partial charge >= 0.3 is 0 Å². The number of aryl methyl sites for hydroxylation is 1. The van der Waals surface area contributed by atoms with Crippen molar-refractivity contribution in [2.45, 2.75) is 51.9 Å². The van der Waals surface area contributed by atoms with Crippen molar-refractivity contribution in [2.75, 3.05) is 24.5 Å². The third-order valence-electron chi connectivity index (χ3n) is 7.02. The normalized spacial score (nSPS) is 18.2. The Balaban J connectivity index is 1.33. The molecule has 3 heteroatoms. The molecule has 1 unspecified atom stereocenters. The van der Waals surface area contributed by atoms with E-state index in [0.717, 1.165) is 44.5 Å². The van der Waals surface area contributed by atoms with Gasteiger partial charge in [0, 0.05) is 30.9 Å². The summed E-state index contributed by atoms with van der Waals surface area (Å²) in [7, 11) is 0. The van der Waals surface area contributed by atoms with Crippen molar-refractivity contribution in [3.63, 3.8) is 0 Å². The first-order chi connectivity index (χ1) is 14.3. The number of anilines is 1. The predicted molar refractivity (Wildman–Crippen MR) is 121 cm³/mol. The summed E-state index contributed by atoms with van der Waals surface area (Å²) >= 11 is 0. The van der Waals surface area contributed by atoms with E-state index in [4.69, 9.17) is 0 Å². The standard InChI is InChI=1S/C26H34N2O/c1-2-20(21-15-17-28(18-16-21)23-11-4-3-5-12-23)19-27-26(29)25-14-8-10-22-9-6-7-13-24(22)25/h3-5,8,10-12,14,20-21H,2,6-7,9,13,15-19H2,1H3,(H,27,29). The van der Waals surface area contributed by atoms with Crippen molar-refractivity contribution < 1.29 is 4.79 Å². The molecule has 4 rings (SSSR count). The fourth-order valence-electron chi connectivity index (χ4n) is 5.23. The van der Waals surface area contributed by atoms with E-state index < -0.39 is 0 Å². The molecular formula is C26H34N2O. The number of benzene rings is 2. The second-order valence-electron chi connectivity index (χ2n) is 8.69. The number of piperidine rings is 1. The molecule has 1 heterocycles. The van der Waals surface area contributed by atoms with E-state index in [0.29, 0.717) is 11.8 Å². The number of nitrogens with one attached hydrogen (secondary N) is 1. The summed E-state index contributed by atoms with van der Waals surface area (Å²) in [5.74, 6) is 1.39. The molecule has 1 N–H and O–H groups in total. The van der Waals surface area contributed by atoms with Crippen LogP contribution in [0, 0.1) is 11.8 Å². The number of para-hydroxylation sites is 1. The molecule has 29 heavy (non-hydrogen) atoms. The molecule has 2 aliphatic rings. The zero-order valence-electron chi connectivity index (χ0n) is 17.7. The molecule has 1 fully saturated rings. The van der Waals surface area contributed by atoms with Gasteiger partial charge in [0.2, 0.25) is 0 Å². The van der Waals surface area contributed by atoms with E-state index in [1.165, 1.54) is 42.5 Å². The van der Waals surface area contributed by atoms with Gasteiger partial charge in [0.1, 0.15) is 0 Å². The van der Waals surface area contributed by atoms with Crippen molar-refractivity contribution in [1.29, 1.82) is 0 Å². The molecule has 1 aliphatic heterocycles. The van der Waals surface area contributed by atoms with Crippen LogP contribution in [0.25, 0.3) is 0 Å². The maximum absolute atomic E-state index is 12.9. The average molecular weight is 391 g/mol. The molecule has 3 nitrogen and oxygen atoms in total. The van der Waals surface area contributed by atoms with Crippen LogP contribution in [0.2, 0.25) is 0 Å². The van der Waals surface area contributed by atoms with Gasteiger partial charge < -0.3 is 10.2 Å². The molecule has 0 saturated carbocycles. The molecule has 0 aromatic heterocycles. The zero-order valence-corrected chi connectivity index (χ0v) is 17.7. The van der Waals surface area contributed by atoms with Crippen LogP contribution in [-0.2, 0) is 12.8 Å². The lowest BCUT2D eigenvalue weighted by atomic mass is 9.82. The minimum atomic E-state index is 0.129. The highest BCUT2D eigenvalue weighted by Crippen LogP contribution is 2.30. The number of carbonyl (C=O) groups excluding carboxylic acids is 1. The predicted octanol–water partition coefficient (Wildman–Crippen LogP) is 5.24. The molecule has 2 aromatic carbocycles. The third kappa shape index (κ3) is 4.66. The smallest absolute Gasteiger partial charge is 0.251 e. The highest BCUT2D eigenvalue weighted by molar-refractivity contribution is 5.96. The molecule has 0 radical (unpaired) electrons. The molecule has 0 bridgehead atoms. The number of hydrogen-bond donors (Lipinski definition) is 1. The van der Waals surface area contributed by atoms with E-state index in [2.05, 4.69) is 59.6 Å². The van der Waals surface area contributed by atoms with E-state index >= 15 is 0 Å². The Morgan fingerprint density at radius 1 is 1.03 bits per heavy atom. The first-order valence-corrected chi connectivity index (χ1v) is 11.4. The molecule has 154 valence electrons. The summed E-state index contributed by atoms with van der Waals surface area (Å²) in [5, 5.41) is 3.29. The van der Waals surface area contributed by atoms with Gasteiger partial charge in [-0.2, -0.15) is 0 Å². The molecule has 1 amide bonds. The summed E-state index contributed by atoms with van der Waals surface area (Å²) in [5.41, 5.74) is 4.92. The summed E-state index contributed by atoms with van der Waals surface area (Å²) in [6, 6.07) is 17.0. The first-order valence-electron chi connectivity index (χ1n) is 11.4. The first kappa shape index (κ1) is 20.0. The Morgan fingerprint density at radius 3 is 2.55 bits per heavy atom. The molecule has 2 aromatic rings. The van der Waals surface area contributed by atoms with Crippen molar-refractivity contribution in [3.8, 4) is 0 Å². The van der Waals surface area contributed by atoms with Crippen LogP contribution in [0.15, 0.2) is 48.5 Å². The molecular weight excluding hydrogens is 356 g/mol.